The summed E-state index contributed by atoms with van der Waals surface area (Å²) >= 11 is 0. The first-order valence-electron chi connectivity index (χ1n) is 9.96. The molecule has 2 aromatic rings. The number of aliphatic imine (C=N–C) groups is 1. The first-order valence-corrected chi connectivity index (χ1v) is 9.96. The van der Waals surface area contributed by atoms with E-state index in [-0.39, 0.29) is 24.0 Å². The number of hydrogen-bond acceptors (Lipinski definition) is 4. The van der Waals surface area contributed by atoms with Crippen molar-refractivity contribution in [3.8, 4) is 5.75 Å². The van der Waals surface area contributed by atoms with Crippen LogP contribution in [0.15, 0.2) is 23.2 Å². The summed E-state index contributed by atoms with van der Waals surface area (Å²) in [6.45, 7) is 11.0. The molecule has 0 saturated heterocycles. The lowest BCUT2D eigenvalue weighted by atomic mass is 10.1. The van der Waals surface area contributed by atoms with Gasteiger partial charge in [-0.3, -0.25) is 0 Å². The standard InChI is InChI=1S/C21H34N6O.HI/c1-7-8-9-22-21(23-15-20-25-24-18(4)27(20)6)26(5)10-11-28-19-13-16(2)12-17(3)14-19;/h12-14H,7-11,15H2,1-6H3,(H,22,23);1H. The first-order chi connectivity index (χ1) is 13.4. The molecular weight excluding hydrogens is 479 g/mol. The number of benzene rings is 1. The van der Waals surface area contributed by atoms with E-state index in [9.17, 15) is 0 Å². The first kappa shape index (κ1) is 25.2. The van der Waals surface area contributed by atoms with Crippen molar-refractivity contribution in [2.45, 2.75) is 47.1 Å². The zero-order valence-corrected chi connectivity index (χ0v) is 20.9. The van der Waals surface area contributed by atoms with Crippen LogP contribution in [-0.2, 0) is 13.6 Å². The molecule has 0 aliphatic rings. The van der Waals surface area contributed by atoms with Crippen molar-refractivity contribution in [3.05, 3.63) is 41.0 Å². The fourth-order valence-electron chi connectivity index (χ4n) is 2.85. The van der Waals surface area contributed by atoms with Crippen LogP contribution >= 0.6 is 24.0 Å². The topological polar surface area (TPSA) is 67.6 Å². The number of unbranched alkanes of at least 4 members (excludes halogenated alkanes) is 1. The summed E-state index contributed by atoms with van der Waals surface area (Å²) < 4.78 is 7.92. The Labute approximate surface area is 192 Å². The monoisotopic (exact) mass is 514 g/mol. The van der Waals surface area contributed by atoms with Crippen LogP contribution in [0.25, 0.3) is 0 Å². The van der Waals surface area contributed by atoms with Crippen LogP contribution < -0.4 is 10.1 Å². The van der Waals surface area contributed by atoms with Gasteiger partial charge in [-0.2, -0.15) is 0 Å². The fourth-order valence-corrected chi connectivity index (χ4v) is 2.85. The summed E-state index contributed by atoms with van der Waals surface area (Å²) in [6.07, 6.45) is 2.25. The fraction of sp³-hybridized carbons (Fsp3) is 0.571. The third kappa shape index (κ3) is 8.20. The Kier molecular flexibility index (Phi) is 11.0. The molecule has 0 aliphatic carbocycles. The molecule has 0 unspecified atom stereocenters. The van der Waals surface area contributed by atoms with Crippen molar-refractivity contribution >= 4 is 29.9 Å². The highest BCUT2D eigenvalue weighted by molar-refractivity contribution is 14.0. The Bertz CT molecular complexity index is 769. The lowest BCUT2D eigenvalue weighted by Crippen LogP contribution is -2.41. The van der Waals surface area contributed by atoms with E-state index in [4.69, 9.17) is 9.73 Å². The Morgan fingerprint density at radius 1 is 1.17 bits per heavy atom. The zero-order chi connectivity index (χ0) is 20.5. The molecule has 2 rings (SSSR count). The number of aromatic nitrogens is 3. The summed E-state index contributed by atoms with van der Waals surface area (Å²) in [7, 11) is 4.00. The number of likely N-dealkylation sites (N-methyl/N-ethyl adjacent to an activating group) is 1. The Hall–Kier alpha value is -1.84. The molecule has 0 radical (unpaired) electrons. The number of nitrogens with zero attached hydrogens (tertiary/aromatic N) is 5. The molecular formula is C21H35IN6O. The molecule has 1 aromatic carbocycles. The smallest absolute Gasteiger partial charge is 0.194 e. The van der Waals surface area contributed by atoms with E-state index in [2.05, 4.69) is 59.4 Å². The van der Waals surface area contributed by atoms with Crippen LogP contribution in [0.5, 0.6) is 5.75 Å². The summed E-state index contributed by atoms with van der Waals surface area (Å²) in [4.78, 5) is 6.85. The maximum Gasteiger partial charge on any atom is 0.194 e. The molecule has 0 aliphatic heterocycles. The average molecular weight is 514 g/mol. The Morgan fingerprint density at radius 3 is 2.45 bits per heavy atom. The van der Waals surface area contributed by atoms with Crippen LogP contribution in [0.3, 0.4) is 0 Å². The molecule has 0 fully saturated rings. The molecule has 8 heteroatoms. The van der Waals surface area contributed by atoms with Gasteiger partial charge >= 0.3 is 0 Å². The Morgan fingerprint density at radius 2 is 1.86 bits per heavy atom. The van der Waals surface area contributed by atoms with Crippen molar-refractivity contribution in [1.82, 2.24) is 25.0 Å². The van der Waals surface area contributed by atoms with Gasteiger partial charge in [0.1, 0.15) is 24.7 Å². The number of guanidine groups is 1. The highest BCUT2D eigenvalue weighted by Crippen LogP contribution is 2.16. The second-order valence-corrected chi connectivity index (χ2v) is 7.24. The van der Waals surface area contributed by atoms with Crippen LogP contribution in [0.1, 0.15) is 42.5 Å². The van der Waals surface area contributed by atoms with Gasteiger partial charge < -0.3 is 19.5 Å². The van der Waals surface area contributed by atoms with Gasteiger partial charge in [-0.1, -0.05) is 19.4 Å². The molecule has 1 heterocycles. The number of ether oxygens (including phenoxy) is 1. The molecule has 1 N–H and O–H groups in total. The molecule has 0 bridgehead atoms. The lowest BCUT2D eigenvalue weighted by molar-refractivity contribution is 0.281. The third-order valence-electron chi connectivity index (χ3n) is 4.62. The molecule has 29 heavy (non-hydrogen) atoms. The highest BCUT2D eigenvalue weighted by Gasteiger charge is 2.09. The SMILES string of the molecule is CCCCNC(=NCc1nnc(C)n1C)N(C)CCOc1cc(C)cc(C)c1.I. The minimum Gasteiger partial charge on any atom is -0.492 e. The van der Waals surface area contributed by atoms with Crippen molar-refractivity contribution in [1.29, 1.82) is 0 Å². The maximum absolute atomic E-state index is 5.95. The van der Waals surface area contributed by atoms with Crippen LogP contribution in [0, 0.1) is 20.8 Å². The van der Waals surface area contributed by atoms with E-state index in [0.29, 0.717) is 13.2 Å². The second kappa shape index (κ2) is 12.7. The summed E-state index contributed by atoms with van der Waals surface area (Å²) in [5.41, 5.74) is 2.43. The van der Waals surface area contributed by atoms with Crippen LogP contribution in [0.4, 0.5) is 0 Å². The number of rotatable bonds is 9. The van der Waals surface area contributed by atoms with E-state index in [1.807, 2.05) is 25.6 Å². The highest BCUT2D eigenvalue weighted by atomic mass is 127. The molecule has 7 nitrogen and oxygen atoms in total. The van der Waals surface area contributed by atoms with Gasteiger partial charge in [0.05, 0.1) is 6.54 Å². The van der Waals surface area contributed by atoms with Crippen molar-refractivity contribution in [2.75, 3.05) is 26.7 Å². The molecule has 0 amide bonds. The van der Waals surface area contributed by atoms with E-state index in [1.165, 1.54) is 11.1 Å². The normalized spacial score (nSPS) is 11.2. The summed E-state index contributed by atoms with van der Waals surface area (Å²) in [5.74, 6) is 3.52. The van der Waals surface area contributed by atoms with E-state index >= 15 is 0 Å². The predicted molar refractivity (Wildman–Crippen MR) is 129 cm³/mol. The molecule has 0 spiro atoms. The van der Waals surface area contributed by atoms with Gasteiger partial charge in [0.25, 0.3) is 0 Å². The quantitative estimate of drug-likeness (QED) is 0.240. The van der Waals surface area contributed by atoms with Gasteiger partial charge in [-0.05, 0) is 50.5 Å². The van der Waals surface area contributed by atoms with Crippen molar-refractivity contribution in [2.24, 2.45) is 12.0 Å². The largest absolute Gasteiger partial charge is 0.492 e. The number of halogens is 1. The minimum atomic E-state index is 0. The number of nitrogens with one attached hydrogen (secondary N) is 1. The maximum atomic E-state index is 5.95. The van der Waals surface area contributed by atoms with Gasteiger partial charge in [0.2, 0.25) is 0 Å². The van der Waals surface area contributed by atoms with Gasteiger partial charge in [-0.25, -0.2) is 4.99 Å². The predicted octanol–water partition coefficient (Wildman–Crippen LogP) is 3.61. The Balaban J connectivity index is 0.00000420. The third-order valence-corrected chi connectivity index (χ3v) is 4.62. The number of aryl methyl sites for hydroxylation is 3. The van der Waals surface area contributed by atoms with Crippen LogP contribution in [-0.4, -0.2) is 52.4 Å². The summed E-state index contributed by atoms with van der Waals surface area (Å²) in [5, 5.41) is 11.7. The molecule has 1 aromatic heterocycles. The zero-order valence-electron chi connectivity index (χ0n) is 18.5. The second-order valence-electron chi connectivity index (χ2n) is 7.24. The van der Waals surface area contributed by atoms with E-state index in [0.717, 1.165) is 49.3 Å². The molecule has 162 valence electrons. The van der Waals surface area contributed by atoms with Gasteiger partial charge in [-0.15, -0.1) is 34.2 Å². The molecule has 0 saturated carbocycles. The summed E-state index contributed by atoms with van der Waals surface area (Å²) in [6, 6.07) is 6.28. The minimum absolute atomic E-state index is 0. The van der Waals surface area contributed by atoms with E-state index in [1.54, 1.807) is 0 Å². The van der Waals surface area contributed by atoms with Gasteiger partial charge in [0.15, 0.2) is 11.8 Å². The lowest BCUT2D eigenvalue weighted by Gasteiger charge is -2.22. The van der Waals surface area contributed by atoms with Gasteiger partial charge in [0, 0.05) is 20.6 Å². The molecule has 0 atom stereocenters. The van der Waals surface area contributed by atoms with Crippen molar-refractivity contribution < 1.29 is 4.74 Å². The number of hydrogen-bond donors (Lipinski definition) is 1. The van der Waals surface area contributed by atoms with E-state index < -0.39 is 0 Å². The van der Waals surface area contributed by atoms with Crippen molar-refractivity contribution in [3.63, 3.8) is 0 Å². The average Bonchev–Trinajstić information content (AvgIpc) is 2.95. The van der Waals surface area contributed by atoms with Crippen LogP contribution in [0.2, 0.25) is 0 Å².